The number of fused-ring (bicyclic) bond motifs is 1. The maximum absolute atomic E-state index is 14.7. The van der Waals surface area contributed by atoms with Gasteiger partial charge >= 0.3 is 5.97 Å². The van der Waals surface area contributed by atoms with Crippen LogP contribution in [-0.4, -0.2) is 22.0 Å². The zero-order valence-corrected chi connectivity index (χ0v) is 16.8. The zero-order chi connectivity index (χ0) is 23.5. The number of oxazole rings is 1. The third-order valence-electron chi connectivity index (χ3n) is 4.65. The molecule has 2 N–H and O–H groups in total. The van der Waals surface area contributed by atoms with E-state index in [1.54, 1.807) is 18.2 Å². The highest BCUT2D eigenvalue weighted by Crippen LogP contribution is 2.28. The summed E-state index contributed by atoms with van der Waals surface area (Å²) in [5, 5.41) is 11.2. The van der Waals surface area contributed by atoms with E-state index in [1.807, 2.05) is 0 Å². The average molecular weight is 452 g/mol. The van der Waals surface area contributed by atoms with Gasteiger partial charge in [0.05, 0.1) is 17.7 Å². The van der Waals surface area contributed by atoms with Gasteiger partial charge in [0.1, 0.15) is 23.0 Å². The number of carbonyl (C=O) groups is 2. The van der Waals surface area contributed by atoms with E-state index in [0.29, 0.717) is 28.3 Å². The Morgan fingerprint density at radius 2 is 1.82 bits per heavy atom. The summed E-state index contributed by atoms with van der Waals surface area (Å²) in [7, 11) is 0. The third-order valence-corrected chi connectivity index (χ3v) is 4.65. The number of carboxylic acid groups (broad SMARTS) is 1. The van der Waals surface area contributed by atoms with Crippen LogP contribution in [0.3, 0.4) is 0 Å². The summed E-state index contributed by atoms with van der Waals surface area (Å²) in [4.78, 5) is 27.1. The maximum Gasteiger partial charge on any atom is 0.307 e. The number of aliphatic carboxylic acids is 1. The Morgan fingerprint density at radius 3 is 2.55 bits per heavy atom. The second kappa shape index (κ2) is 8.99. The number of carbonyl (C=O) groups excluding carboxylic acids is 1. The van der Waals surface area contributed by atoms with Gasteiger partial charge in [-0.05, 0) is 53.6 Å². The standard InChI is InChI=1S/C24H15F3N2O4/c25-15-4-6-19(18(27)12-15)28-22(30)8-3-13-1-5-16(17(26)9-13)24-29-20-10-14(11-23(31)32)2-7-21(20)33-24/h1-10,12H,11H2,(H,28,30)(H,31,32)/b8-3+. The molecule has 0 radical (unpaired) electrons. The van der Waals surface area contributed by atoms with Crippen LogP contribution in [0.15, 0.2) is 65.1 Å². The number of halogens is 3. The number of nitrogens with zero attached hydrogens (tertiary/aromatic N) is 1. The van der Waals surface area contributed by atoms with Crippen LogP contribution in [0.1, 0.15) is 11.1 Å². The summed E-state index contributed by atoms with van der Waals surface area (Å²) < 4.78 is 46.8. The van der Waals surface area contributed by atoms with Crippen LogP contribution in [0.4, 0.5) is 18.9 Å². The molecule has 0 unspecified atom stereocenters. The molecule has 3 aromatic carbocycles. The molecule has 4 aromatic rings. The lowest BCUT2D eigenvalue weighted by Gasteiger charge is -2.04. The highest BCUT2D eigenvalue weighted by atomic mass is 19.1. The number of hydrogen-bond acceptors (Lipinski definition) is 4. The number of nitrogens with one attached hydrogen (secondary N) is 1. The lowest BCUT2D eigenvalue weighted by molar-refractivity contribution is -0.136. The highest BCUT2D eigenvalue weighted by molar-refractivity contribution is 6.02. The first-order valence-corrected chi connectivity index (χ1v) is 9.64. The van der Waals surface area contributed by atoms with E-state index in [4.69, 9.17) is 9.52 Å². The number of rotatable bonds is 6. The molecule has 1 amide bonds. The van der Waals surface area contributed by atoms with Crippen LogP contribution in [0.2, 0.25) is 0 Å². The van der Waals surface area contributed by atoms with Gasteiger partial charge in [-0.1, -0.05) is 12.1 Å². The molecule has 0 aliphatic rings. The minimum atomic E-state index is -0.982. The van der Waals surface area contributed by atoms with Crippen LogP contribution >= 0.6 is 0 Å². The molecule has 0 atom stereocenters. The molecule has 4 rings (SSSR count). The maximum atomic E-state index is 14.7. The summed E-state index contributed by atoms with van der Waals surface area (Å²) in [6.45, 7) is 0. The van der Waals surface area contributed by atoms with E-state index >= 15 is 0 Å². The molecule has 0 aliphatic heterocycles. The van der Waals surface area contributed by atoms with E-state index in [1.165, 1.54) is 24.3 Å². The SMILES string of the molecule is O=C(O)Cc1ccc2oc(-c3ccc(/C=C/C(=O)Nc4ccc(F)cc4F)cc3F)nc2c1. The predicted octanol–water partition coefficient (Wildman–Crippen LogP) is 5.19. The number of aromatic nitrogens is 1. The van der Waals surface area contributed by atoms with Crippen molar-refractivity contribution in [3.8, 4) is 11.5 Å². The molecule has 0 saturated carbocycles. The van der Waals surface area contributed by atoms with Crippen LogP contribution in [0.25, 0.3) is 28.6 Å². The number of hydrogen-bond donors (Lipinski definition) is 2. The Hall–Kier alpha value is -4.40. The Balaban J connectivity index is 1.50. The molecular formula is C24H15F3N2O4. The number of amides is 1. The lowest BCUT2D eigenvalue weighted by Crippen LogP contribution is -2.09. The summed E-state index contributed by atoms with van der Waals surface area (Å²) in [6, 6.07) is 11.6. The van der Waals surface area contributed by atoms with Crippen LogP contribution in [0, 0.1) is 17.5 Å². The molecule has 6 nitrogen and oxygen atoms in total. The van der Waals surface area contributed by atoms with E-state index in [9.17, 15) is 22.8 Å². The fraction of sp³-hybridized carbons (Fsp3) is 0.0417. The fourth-order valence-electron chi connectivity index (χ4n) is 3.12. The largest absolute Gasteiger partial charge is 0.481 e. The van der Waals surface area contributed by atoms with Crippen molar-refractivity contribution in [2.45, 2.75) is 6.42 Å². The monoisotopic (exact) mass is 452 g/mol. The number of benzene rings is 3. The van der Waals surface area contributed by atoms with E-state index in [-0.39, 0.29) is 23.6 Å². The van der Waals surface area contributed by atoms with Gasteiger partial charge in [-0.15, -0.1) is 0 Å². The Labute approximate surface area is 185 Å². The minimum absolute atomic E-state index is 0.0232. The highest BCUT2D eigenvalue weighted by Gasteiger charge is 2.14. The first-order chi connectivity index (χ1) is 15.8. The van der Waals surface area contributed by atoms with Crippen molar-refractivity contribution in [1.82, 2.24) is 4.98 Å². The lowest BCUT2D eigenvalue weighted by atomic mass is 10.1. The number of carboxylic acids is 1. The van der Waals surface area contributed by atoms with Gasteiger partial charge in [0.15, 0.2) is 5.58 Å². The Morgan fingerprint density at radius 1 is 1.00 bits per heavy atom. The minimum Gasteiger partial charge on any atom is -0.481 e. The van der Waals surface area contributed by atoms with Crippen molar-refractivity contribution < 1.29 is 32.3 Å². The van der Waals surface area contributed by atoms with Crippen molar-refractivity contribution in [2.24, 2.45) is 0 Å². The first kappa shape index (κ1) is 21.8. The second-order valence-corrected chi connectivity index (χ2v) is 7.08. The molecule has 1 heterocycles. The molecule has 9 heteroatoms. The van der Waals surface area contributed by atoms with Gasteiger partial charge in [0.25, 0.3) is 0 Å². The quantitative estimate of drug-likeness (QED) is 0.393. The molecule has 0 saturated heterocycles. The van der Waals surface area contributed by atoms with Crippen molar-refractivity contribution in [3.63, 3.8) is 0 Å². The van der Waals surface area contributed by atoms with Crippen LogP contribution < -0.4 is 5.32 Å². The molecule has 1 aromatic heterocycles. The van der Waals surface area contributed by atoms with Crippen molar-refractivity contribution >= 4 is 34.7 Å². The van der Waals surface area contributed by atoms with Gasteiger partial charge in [0, 0.05) is 12.1 Å². The van der Waals surface area contributed by atoms with Gasteiger partial charge in [-0.25, -0.2) is 18.2 Å². The molecule has 0 fully saturated rings. The van der Waals surface area contributed by atoms with Crippen molar-refractivity contribution in [2.75, 3.05) is 5.32 Å². The summed E-state index contributed by atoms with van der Waals surface area (Å²) in [5.74, 6) is -3.98. The molecule has 0 aliphatic carbocycles. The van der Waals surface area contributed by atoms with Gasteiger partial charge < -0.3 is 14.8 Å². The fourth-order valence-corrected chi connectivity index (χ4v) is 3.12. The summed E-state index contributed by atoms with van der Waals surface area (Å²) in [6.07, 6.45) is 2.24. The second-order valence-electron chi connectivity index (χ2n) is 7.08. The molecule has 0 spiro atoms. The normalized spacial score (nSPS) is 11.2. The Bertz CT molecular complexity index is 1410. The Kier molecular flexibility index (Phi) is 5.95. The third kappa shape index (κ3) is 5.09. The summed E-state index contributed by atoms with van der Waals surface area (Å²) in [5.41, 5.74) is 1.57. The van der Waals surface area contributed by atoms with Crippen LogP contribution in [-0.2, 0) is 16.0 Å². The van der Waals surface area contributed by atoms with Crippen molar-refractivity contribution in [3.05, 3.63) is 89.3 Å². The smallest absolute Gasteiger partial charge is 0.307 e. The number of anilines is 1. The first-order valence-electron chi connectivity index (χ1n) is 9.64. The van der Waals surface area contributed by atoms with Crippen molar-refractivity contribution in [1.29, 1.82) is 0 Å². The molecule has 166 valence electrons. The molecule has 33 heavy (non-hydrogen) atoms. The van der Waals surface area contributed by atoms with Gasteiger partial charge in [0.2, 0.25) is 11.8 Å². The average Bonchev–Trinajstić information content (AvgIpc) is 3.17. The summed E-state index contributed by atoms with van der Waals surface area (Å²) >= 11 is 0. The van der Waals surface area contributed by atoms with E-state index in [0.717, 1.165) is 18.2 Å². The van der Waals surface area contributed by atoms with E-state index in [2.05, 4.69) is 10.3 Å². The topological polar surface area (TPSA) is 92.4 Å². The van der Waals surface area contributed by atoms with Gasteiger partial charge in [-0.3, -0.25) is 9.59 Å². The molecule has 0 bridgehead atoms. The predicted molar refractivity (Wildman–Crippen MR) is 115 cm³/mol. The zero-order valence-electron chi connectivity index (χ0n) is 16.8. The van der Waals surface area contributed by atoms with Crippen LogP contribution in [0.5, 0.6) is 0 Å². The molecular weight excluding hydrogens is 437 g/mol. The van der Waals surface area contributed by atoms with Gasteiger partial charge in [-0.2, -0.15) is 0 Å². The van der Waals surface area contributed by atoms with E-state index < -0.39 is 29.3 Å².